The Bertz CT molecular complexity index is 978. The number of carboxylic acid groups (broad SMARTS) is 1. The zero-order chi connectivity index (χ0) is 29.9. The van der Waals surface area contributed by atoms with Crippen LogP contribution in [0.5, 0.6) is 11.5 Å². The number of carboxylic acids is 1. The molecule has 0 aromatic heterocycles. The molecular formula is C29H45NO9. The number of rotatable bonds is 15. The van der Waals surface area contributed by atoms with E-state index in [1.54, 1.807) is 33.8 Å². The first-order valence-corrected chi connectivity index (χ1v) is 13.6. The lowest BCUT2D eigenvalue weighted by molar-refractivity contribution is -0.140. The topological polar surface area (TPSA) is 151 Å². The molecule has 10 heteroatoms. The van der Waals surface area contributed by atoms with Crippen molar-refractivity contribution >= 4 is 24.1 Å². The fraction of sp³-hybridized carbons (Fsp3) is 0.655. The van der Waals surface area contributed by atoms with E-state index in [9.17, 15) is 24.3 Å². The monoisotopic (exact) mass is 551 g/mol. The zero-order valence-corrected chi connectivity index (χ0v) is 24.4. The highest BCUT2D eigenvalue weighted by atomic mass is 16.7. The Kier molecular flexibility index (Phi) is 14.0. The third-order valence-electron chi connectivity index (χ3n) is 6.82. The molecule has 1 aromatic carbocycles. The van der Waals surface area contributed by atoms with Crippen molar-refractivity contribution in [3.63, 3.8) is 0 Å². The number of nitrogens with two attached hydrogens (primary N) is 1. The van der Waals surface area contributed by atoms with Crippen LogP contribution in [0.15, 0.2) is 18.2 Å². The van der Waals surface area contributed by atoms with Crippen LogP contribution in [0.2, 0.25) is 0 Å². The van der Waals surface area contributed by atoms with Gasteiger partial charge in [0.05, 0.1) is 6.10 Å². The van der Waals surface area contributed by atoms with Crippen LogP contribution in [0.1, 0.15) is 92.6 Å². The van der Waals surface area contributed by atoms with E-state index in [4.69, 9.17) is 24.7 Å². The molecule has 220 valence electrons. The predicted molar refractivity (Wildman–Crippen MR) is 146 cm³/mol. The second kappa shape index (κ2) is 16.1. The molecule has 0 aliphatic rings. The van der Waals surface area contributed by atoms with Crippen LogP contribution in [0.25, 0.3) is 0 Å². The van der Waals surface area contributed by atoms with E-state index in [2.05, 4.69) is 0 Å². The molecule has 39 heavy (non-hydrogen) atoms. The summed E-state index contributed by atoms with van der Waals surface area (Å²) < 4.78 is 21.6. The Morgan fingerprint density at radius 3 is 1.79 bits per heavy atom. The third kappa shape index (κ3) is 11.2. The van der Waals surface area contributed by atoms with E-state index in [-0.39, 0.29) is 42.3 Å². The van der Waals surface area contributed by atoms with E-state index in [0.717, 1.165) is 12.8 Å². The van der Waals surface area contributed by atoms with Gasteiger partial charge in [-0.2, -0.15) is 0 Å². The molecule has 1 rings (SSSR count). The summed E-state index contributed by atoms with van der Waals surface area (Å²) in [5, 5.41) is 9.75. The van der Waals surface area contributed by atoms with Gasteiger partial charge in [0.15, 0.2) is 11.5 Å². The van der Waals surface area contributed by atoms with Gasteiger partial charge in [-0.15, -0.1) is 0 Å². The van der Waals surface area contributed by atoms with E-state index >= 15 is 0 Å². The number of ether oxygens (including phenoxy) is 4. The smallest absolute Gasteiger partial charge is 0.480 e. The lowest BCUT2D eigenvalue weighted by atomic mass is 9.79. The number of hydrogen-bond donors (Lipinski definition) is 2. The van der Waals surface area contributed by atoms with Crippen LogP contribution in [0, 0.1) is 17.8 Å². The molecule has 6 atom stereocenters. The molecule has 0 heterocycles. The Balaban J connectivity index is 3.44. The highest BCUT2D eigenvalue weighted by molar-refractivity contribution is 5.77. The van der Waals surface area contributed by atoms with Crippen LogP contribution in [0.3, 0.4) is 0 Å². The lowest BCUT2D eigenvalue weighted by Gasteiger charge is -2.31. The Labute approximate surface area is 231 Å². The minimum atomic E-state index is -1.38. The molecule has 5 unspecified atom stereocenters. The van der Waals surface area contributed by atoms with Crippen molar-refractivity contribution in [2.24, 2.45) is 23.5 Å². The van der Waals surface area contributed by atoms with Gasteiger partial charge in [-0.1, -0.05) is 53.5 Å². The number of carbonyl (C=O) groups is 4. The van der Waals surface area contributed by atoms with Crippen molar-refractivity contribution in [1.82, 2.24) is 0 Å². The Morgan fingerprint density at radius 2 is 1.33 bits per heavy atom. The lowest BCUT2D eigenvalue weighted by Crippen LogP contribution is -2.42. The molecule has 3 N–H and O–H groups in total. The summed E-state index contributed by atoms with van der Waals surface area (Å²) in [6.07, 6.45) is -0.133. The summed E-state index contributed by atoms with van der Waals surface area (Å²) in [6, 6.07) is 3.11. The Hall–Kier alpha value is -3.14. The summed E-state index contributed by atoms with van der Waals surface area (Å²) >= 11 is 0. The first-order chi connectivity index (χ1) is 18.2. The second-order valence-electron chi connectivity index (χ2n) is 10.6. The summed E-state index contributed by atoms with van der Waals surface area (Å²) in [5.41, 5.74) is 6.52. The van der Waals surface area contributed by atoms with Gasteiger partial charge in [-0.05, 0) is 50.3 Å². The quantitative estimate of drug-likeness (QED) is 0.212. The normalized spacial score (nSPS) is 15.8. The molecule has 0 saturated heterocycles. The van der Waals surface area contributed by atoms with Gasteiger partial charge >= 0.3 is 24.1 Å². The molecular weight excluding hydrogens is 506 g/mol. The number of benzene rings is 1. The maximum Gasteiger partial charge on any atom is 0.508 e. The third-order valence-corrected chi connectivity index (χ3v) is 6.82. The molecule has 0 fully saturated rings. The minimum Gasteiger partial charge on any atom is -0.480 e. The first-order valence-electron chi connectivity index (χ1n) is 13.6. The summed E-state index contributed by atoms with van der Waals surface area (Å²) in [4.78, 5) is 49.2. The molecule has 0 spiro atoms. The van der Waals surface area contributed by atoms with Crippen LogP contribution in [-0.4, -0.2) is 47.4 Å². The molecule has 1 aromatic rings. The largest absolute Gasteiger partial charge is 0.508 e. The van der Waals surface area contributed by atoms with Crippen molar-refractivity contribution in [2.75, 3.05) is 0 Å². The molecule has 0 aliphatic carbocycles. The van der Waals surface area contributed by atoms with Crippen molar-refractivity contribution in [3.8, 4) is 11.5 Å². The number of esters is 2. The molecule has 10 nitrogen and oxygen atoms in total. The maximum absolute atomic E-state index is 12.7. The summed E-state index contributed by atoms with van der Waals surface area (Å²) in [7, 11) is 0. The van der Waals surface area contributed by atoms with E-state index in [0.29, 0.717) is 5.56 Å². The van der Waals surface area contributed by atoms with Gasteiger partial charge in [0, 0.05) is 24.7 Å². The average Bonchev–Trinajstić information content (AvgIpc) is 2.84. The van der Waals surface area contributed by atoms with E-state index in [1.165, 1.54) is 12.1 Å². The van der Waals surface area contributed by atoms with Crippen LogP contribution < -0.4 is 15.2 Å². The highest BCUT2D eigenvalue weighted by Crippen LogP contribution is 2.37. The number of carbonyl (C=O) groups excluding carboxylic acids is 3. The van der Waals surface area contributed by atoms with Crippen LogP contribution in [0.4, 0.5) is 4.79 Å². The fourth-order valence-electron chi connectivity index (χ4n) is 3.85. The van der Waals surface area contributed by atoms with Crippen molar-refractivity contribution in [3.05, 3.63) is 23.8 Å². The van der Waals surface area contributed by atoms with Crippen molar-refractivity contribution < 1.29 is 43.2 Å². The van der Waals surface area contributed by atoms with E-state index < -0.39 is 48.0 Å². The predicted octanol–water partition coefficient (Wildman–Crippen LogP) is 5.45. The fourth-order valence-corrected chi connectivity index (χ4v) is 3.85. The van der Waals surface area contributed by atoms with Crippen molar-refractivity contribution in [1.29, 1.82) is 0 Å². The molecule has 0 radical (unpaired) electrons. The number of aliphatic carboxylic acids is 1. The number of hydrogen-bond acceptors (Lipinski definition) is 9. The van der Waals surface area contributed by atoms with E-state index in [1.807, 2.05) is 27.7 Å². The SMILES string of the molecule is CCC(C)CC(=O)Oc1ccc(C(C(C)C(C)OC(=O)OC(C)C)[C@H](N)C(=O)O)cc1OC(=O)CC(C)CC. The summed E-state index contributed by atoms with van der Waals surface area (Å²) in [6.45, 7) is 14.5. The van der Waals surface area contributed by atoms with Crippen molar-refractivity contribution in [2.45, 2.75) is 105 Å². The maximum atomic E-state index is 12.7. The molecule has 0 bridgehead atoms. The molecule has 0 aliphatic heterocycles. The van der Waals surface area contributed by atoms with Gasteiger partial charge < -0.3 is 29.8 Å². The molecule has 0 saturated carbocycles. The van der Waals surface area contributed by atoms with Gasteiger partial charge in [-0.3, -0.25) is 14.4 Å². The van der Waals surface area contributed by atoms with Gasteiger partial charge in [-0.25, -0.2) is 4.79 Å². The first kappa shape index (κ1) is 33.9. The van der Waals surface area contributed by atoms with Gasteiger partial charge in [0.25, 0.3) is 0 Å². The Morgan fingerprint density at radius 1 is 0.821 bits per heavy atom. The average molecular weight is 552 g/mol. The van der Waals surface area contributed by atoms with Gasteiger partial charge in [0.1, 0.15) is 12.1 Å². The standard InChI is InChI=1S/C29H45NO9/c1-9-17(5)13-24(31)38-22-12-11-21(15-23(22)39-25(32)14-18(6)10-2)26(27(30)28(33)34)19(7)20(8)37-29(35)36-16(3)4/h11-12,15-20,26-27H,9-10,13-14,30H2,1-8H3,(H,33,34)/t17?,18?,19?,20?,26?,27-/m0/s1. The molecule has 0 amide bonds. The second-order valence-corrected chi connectivity index (χ2v) is 10.6. The van der Waals surface area contributed by atoms with Crippen LogP contribution >= 0.6 is 0 Å². The minimum absolute atomic E-state index is 0.0131. The summed E-state index contributed by atoms with van der Waals surface area (Å²) in [5.74, 6) is -3.48. The van der Waals surface area contributed by atoms with Gasteiger partial charge in [0.2, 0.25) is 0 Å². The zero-order valence-electron chi connectivity index (χ0n) is 24.4. The highest BCUT2D eigenvalue weighted by Gasteiger charge is 2.36. The van der Waals surface area contributed by atoms with Crippen LogP contribution in [-0.2, 0) is 23.9 Å².